The molecule has 0 saturated heterocycles. The lowest BCUT2D eigenvalue weighted by Crippen LogP contribution is -2.42. The highest BCUT2D eigenvalue weighted by atomic mass is 32.2. The molecule has 0 aliphatic carbocycles. The van der Waals surface area contributed by atoms with Crippen LogP contribution in [0.15, 0.2) is 60.9 Å². The molecule has 0 aliphatic rings. The van der Waals surface area contributed by atoms with E-state index in [9.17, 15) is 21.6 Å². The number of hydrogen-bond acceptors (Lipinski definition) is 3. The maximum absolute atomic E-state index is 12.9. The Morgan fingerprint density at radius 3 is 2.25 bits per heavy atom. The Morgan fingerprint density at radius 1 is 1.03 bits per heavy atom. The molecule has 3 aromatic rings. The summed E-state index contributed by atoms with van der Waals surface area (Å²) in [6, 6.07) is 11.8. The minimum Gasteiger partial charge on any atom is -0.257 e. The van der Waals surface area contributed by atoms with Crippen molar-refractivity contribution in [3.8, 4) is 16.8 Å². The molecule has 0 atom stereocenters. The highest BCUT2D eigenvalue weighted by molar-refractivity contribution is 7.90. The van der Waals surface area contributed by atoms with Gasteiger partial charge in [0.15, 0.2) is 0 Å². The molecule has 0 amide bonds. The van der Waals surface area contributed by atoms with Crippen molar-refractivity contribution in [1.29, 1.82) is 0 Å². The zero-order valence-electron chi connectivity index (χ0n) is 18.2. The van der Waals surface area contributed by atoms with Crippen molar-refractivity contribution in [3.63, 3.8) is 0 Å². The van der Waals surface area contributed by atoms with Gasteiger partial charge in [-0.15, -0.1) is 0 Å². The fourth-order valence-corrected chi connectivity index (χ4v) is 4.38. The van der Waals surface area contributed by atoms with Crippen LogP contribution < -0.4 is 4.31 Å². The topological polar surface area (TPSA) is 58.4 Å². The zero-order valence-corrected chi connectivity index (χ0v) is 19.0. The quantitative estimate of drug-likeness (QED) is 0.501. The normalized spacial score (nSPS) is 12.5. The number of aromatic nitrogens is 2. The van der Waals surface area contributed by atoms with E-state index in [1.54, 1.807) is 30.6 Å². The highest BCUT2D eigenvalue weighted by Crippen LogP contribution is 2.31. The molecule has 0 unspecified atom stereocenters. The van der Waals surface area contributed by atoms with Crippen LogP contribution in [0.4, 0.5) is 18.9 Å². The molecule has 2 aromatic carbocycles. The number of benzene rings is 2. The van der Waals surface area contributed by atoms with Gasteiger partial charge in [-0.2, -0.15) is 31.0 Å². The molecule has 0 radical (unpaired) electrons. The third-order valence-corrected chi connectivity index (χ3v) is 6.62. The standard InChI is InChI=1S/C22H25F3N4O2S/c1-16(2)14-29(32(30,31)27(3)4)21-7-5-6-17(12-21)18-13-26-28(15-18)20-10-8-19(9-11-20)22(23,24)25/h5-13,15-16H,14H2,1-4H3. The molecule has 6 nitrogen and oxygen atoms in total. The molecular weight excluding hydrogens is 441 g/mol. The van der Waals surface area contributed by atoms with Crippen LogP contribution in [-0.4, -0.2) is 43.1 Å². The highest BCUT2D eigenvalue weighted by Gasteiger charge is 2.30. The summed E-state index contributed by atoms with van der Waals surface area (Å²) in [7, 11) is -0.713. The molecule has 10 heteroatoms. The molecule has 172 valence electrons. The fraction of sp³-hybridized carbons (Fsp3) is 0.318. The first kappa shape index (κ1) is 23.8. The van der Waals surface area contributed by atoms with Gasteiger partial charge in [0.2, 0.25) is 0 Å². The van der Waals surface area contributed by atoms with Gasteiger partial charge in [-0.25, -0.2) is 4.68 Å². The van der Waals surface area contributed by atoms with Gasteiger partial charge in [0.05, 0.1) is 23.1 Å². The van der Waals surface area contributed by atoms with Crippen molar-refractivity contribution in [2.45, 2.75) is 20.0 Å². The monoisotopic (exact) mass is 466 g/mol. The van der Waals surface area contributed by atoms with Crippen molar-refractivity contribution in [1.82, 2.24) is 14.1 Å². The summed E-state index contributed by atoms with van der Waals surface area (Å²) in [6.07, 6.45) is -1.12. The molecular formula is C22H25F3N4O2S. The Labute approximate surface area is 186 Å². The lowest BCUT2D eigenvalue weighted by Gasteiger charge is -2.29. The molecule has 1 aromatic heterocycles. The first-order chi connectivity index (χ1) is 14.9. The second-order valence-corrected chi connectivity index (χ2v) is 10.1. The molecule has 1 heterocycles. The Balaban J connectivity index is 1.94. The maximum atomic E-state index is 12.9. The van der Waals surface area contributed by atoms with E-state index in [2.05, 4.69) is 5.10 Å². The van der Waals surface area contributed by atoms with Crippen molar-refractivity contribution < 1.29 is 21.6 Å². The fourth-order valence-electron chi connectivity index (χ4n) is 3.12. The van der Waals surface area contributed by atoms with Crippen molar-refractivity contribution in [2.24, 2.45) is 5.92 Å². The average molecular weight is 467 g/mol. The van der Waals surface area contributed by atoms with Crippen LogP contribution in [0.3, 0.4) is 0 Å². The van der Waals surface area contributed by atoms with E-state index in [0.717, 1.165) is 17.7 Å². The number of anilines is 1. The van der Waals surface area contributed by atoms with Crippen LogP contribution in [0.25, 0.3) is 16.8 Å². The summed E-state index contributed by atoms with van der Waals surface area (Å²) in [5.41, 5.74) is 1.72. The van der Waals surface area contributed by atoms with Crippen molar-refractivity contribution >= 4 is 15.9 Å². The minimum absolute atomic E-state index is 0.107. The summed E-state index contributed by atoms with van der Waals surface area (Å²) in [5.74, 6) is 0.107. The van der Waals surface area contributed by atoms with Crippen LogP contribution in [0.1, 0.15) is 19.4 Å². The molecule has 32 heavy (non-hydrogen) atoms. The van der Waals surface area contributed by atoms with Crippen molar-refractivity contribution in [2.75, 3.05) is 24.9 Å². The molecule has 0 fully saturated rings. The first-order valence-electron chi connectivity index (χ1n) is 9.92. The van der Waals surface area contributed by atoms with Gasteiger partial charge in [-0.3, -0.25) is 4.31 Å². The molecule has 0 N–H and O–H groups in total. The SMILES string of the molecule is CC(C)CN(c1cccc(-c2cnn(-c3ccc(C(F)(F)F)cc3)c2)c1)S(=O)(=O)N(C)C. The van der Waals surface area contributed by atoms with E-state index in [4.69, 9.17) is 0 Å². The predicted octanol–water partition coefficient (Wildman–Crippen LogP) is 4.83. The Bertz CT molecular complexity index is 1170. The van der Waals surface area contributed by atoms with E-state index in [-0.39, 0.29) is 5.92 Å². The molecule has 0 spiro atoms. The smallest absolute Gasteiger partial charge is 0.257 e. The predicted molar refractivity (Wildman–Crippen MR) is 119 cm³/mol. The van der Waals surface area contributed by atoms with Gasteiger partial charge >= 0.3 is 16.4 Å². The van der Waals surface area contributed by atoms with Crippen LogP contribution in [0.5, 0.6) is 0 Å². The summed E-state index contributed by atoms with van der Waals surface area (Å²) in [5, 5.41) is 4.25. The first-order valence-corrected chi connectivity index (χ1v) is 11.3. The summed E-state index contributed by atoms with van der Waals surface area (Å²) < 4.78 is 68.1. The van der Waals surface area contributed by atoms with E-state index < -0.39 is 21.9 Å². The van der Waals surface area contributed by atoms with E-state index >= 15 is 0 Å². The Kier molecular flexibility index (Phi) is 6.66. The lowest BCUT2D eigenvalue weighted by molar-refractivity contribution is -0.137. The van der Waals surface area contributed by atoms with Gasteiger partial charge in [0.1, 0.15) is 0 Å². The molecule has 3 rings (SSSR count). The third-order valence-electron chi connectivity index (χ3n) is 4.78. The lowest BCUT2D eigenvalue weighted by atomic mass is 10.1. The molecule has 0 saturated carbocycles. The third kappa shape index (κ3) is 5.13. The summed E-state index contributed by atoms with van der Waals surface area (Å²) in [4.78, 5) is 0. The molecule has 0 bridgehead atoms. The largest absolute Gasteiger partial charge is 0.416 e. The number of halogens is 3. The summed E-state index contributed by atoms with van der Waals surface area (Å²) in [6.45, 7) is 4.20. The maximum Gasteiger partial charge on any atom is 0.416 e. The van der Waals surface area contributed by atoms with Gasteiger partial charge in [0.25, 0.3) is 0 Å². The van der Waals surface area contributed by atoms with Gasteiger partial charge < -0.3 is 0 Å². The number of hydrogen-bond donors (Lipinski definition) is 0. The second kappa shape index (κ2) is 8.95. The second-order valence-electron chi connectivity index (χ2n) is 7.98. The number of rotatable bonds is 7. The summed E-state index contributed by atoms with van der Waals surface area (Å²) >= 11 is 0. The number of alkyl halides is 3. The minimum atomic E-state index is -4.40. The van der Waals surface area contributed by atoms with Crippen LogP contribution in [0.2, 0.25) is 0 Å². The van der Waals surface area contributed by atoms with Crippen molar-refractivity contribution in [3.05, 3.63) is 66.5 Å². The zero-order chi connectivity index (χ0) is 23.7. The van der Waals surface area contributed by atoms with Gasteiger partial charge in [-0.05, 0) is 47.9 Å². The van der Waals surface area contributed by atoms with Gasteiger partial charge in [0, 0.05) is 32.4 Å². The number of nitrogens with zero attached hydrogens (tertiary/aromatic N) is 4. The van der Waals surface area contributed by atoms with Crippen LogP contribution >= 0.6 is 0 Å². The van der Waals surface area contributed by atoms with Crippen LogP contribution in [-0.2, 0) is 16.4 Å². The van der Waals surface area contributed by atoms with E-state index in [1.807, 2.05) is 19.9 Å². The van der Waals surface area contributed by atoms with Crippen LogP contribution in [0, 0.1) is 5.92 Å². The van der Waals surface area contributed by atoms with E-state index in [0.29, 0.717) is 23.5 Å². The molecule has 0 aliphatic heterocycles. The Hall–Kier alpha value is -2.85. The van der Waals surface area contributed by atoms with E-state index in [1.165, 1.54) is 39.5 Å². The Morgan fingerprint density at radius 2 is 1.69 bits per heavy atom. The van der Waals surface area contributed by atoms with Gasteiger partial charge in [-0.1, -0.05) is 26.0 Å². The average Bonchev–Trinajstić information content (AvgIpc) is 3.21.